The van der Waals surface area contributed by atoms with Gasteiger partial charge in [-0.25, -0.2) is 0 Å². The van der Waals surface area contributed by atoms with Crippen LogP contribution in [-0.4, -0.2) is 48.4 Å². The Bertz CT molecular complexity index is 650. The molecule has 2 rings (SSSR count). The van der Waals surface area contributed by atoms with Crippen LogP contribution < -0.4 is 0 Å². The minimum Gasteiger partial charge on any atom is -0.426 e. The summed E-state index contributed by atoms with van der Waals surface area (Å²) >= 11 is 0. The van der Waals surface area contributed by atoms with E-state index in [4.69, 9.17) is 9.11 Å². The summed E-state index contributed by atoms with van der Waals surface area (Å²) in [5.41, 5.74) is 0. The van der Waals surface area contributed by atoms with Crippen LogP contribution in [0.1, 0.15) is 12.8 Å². The Morgan fingerprint density at radius 1 is 0.800 bits per heavy atom. The molecule has 10 nitrogen and oxygen atoms in total. The largest absolute Gasteiger partial charge is 0.426 e. The lowest BCUT2D eigenvalue weighted by Crippen LogP contribution is -2.25. The van der Waals surface area contributed by atoms with Gasteiger partial charge in [0.1, 0.15) is 0 Å². The van der Waals surface area contributed by atoms with Crippen molar-refractivity contribution in [2.75, 3.05) is 0 Å². The van der Waals surface area contributed by atoms with Crippen molar-refractivity contribution in [2.45, 2.75) is 23.3 Å². The molecule has 2 saturated heterocycles. The second-order valence-corrected chi connectivity index (χ2v) is 7.29. The average Bonchev–Trinajstić information content (AvgIpc) is 2.79. The highest BCUT2D eigenvalue weighted by molar-refractivity contribution is 7.87. The summed E-state index contributed by atoms with van der Waals surface area (Å²) in [6.45, 7) is 0. The number of hydrogen-bond acceptors (Lipinski definition) is 8. The maximum atomic E-state index is 11.1. The van der Waals surface area contributed by atoms with Gasteiger partial charge in [-0.15, -0.1) is 0 Å². The molecule has 0 aromatic carbocycles. The molecule has 12 heteroatoms. The molecule has 0 spiro atoms. The molecule has 0 aromatic heterocycles. The summed E-state index contributed by atoms with van der Waals surface area (Å²) in [5.74, 6) is -3.70. The third-order valence-electron chi connectivity index (χ3n) is 2.70. The van der Waals surface area contributed by atoms with Crippen LogP contribution in [0.5, 0.6) is 0 Å². The van der Waals surface area contributed by atoms with Crippen LogP contribution >= 0.6 is 0 Å². The van der Waals surface area contributed by atoms with Gasteiger partial charge in [0.25, 0.3) is 20.2 Å². The van der Waals surface area contributed by atoms with Crippen LogP contribution in [0.3, 0.4) is 0 Å². The Labute approximate surface area is 112 Å². The van der Waals surface area contributed by atoms with Crippen LogP contribution in [0.4, 0.5) is 0 Å². The number of hydrogen-bond donors (Lipinski definition) is 2. The van der Waals surface area contributed by atoms with Gasteiger partial charge in [-0.2, -0.15) is 16.8 Å². The normalized spacial score (nSPS) is 31.3. The topological polar surface area (TPSA) is 161 Å². The summed E-state index contributed by atoms with van der Waals surface area (Å²) in [6, 6.07) is 0. The van der Waals surface area contributed by atoms with E-state index in [2.05, 4.69) is 9.47 Å². The molecule has 2 atom stereocenters. The van der Waals surface area contributed by atoms with E-state index in [1.54, 1.807) is 0 Å². The van der Waals surface area contributed by atoms with Gasteiger partial charge in [0.15, 0.2) is 22.0 Å². The first kappa shape index (κ1) is 14.9. The molecule has 2 aliphatic heterocycles. The van der Waals surface area contributed by atoms with Crippen molar-refractivity contribution in [1.82, 2.24) is 0 Å². The van der Waals surface area contributed by atoms with Crippen molar-refractivity contribution >= 4 is 32.2 Å². The Morgan fingerprint density at radius 3 is 1.35 bits per heavy atom. The summed E-state index contributed by atoms with van der Waals surface area (Å²) < 4.78 is 71.4. The quantitative estimate of drug-likeness (QED) is 0.455. The lowest BCUT2D eigenvalue weighted by atomic mass is 10.2. The molecule has 0 aromatic rings. The highest BCUT2D eigenvalue weighted by atomic mass is 32.2. The van der Waals surface area contributed by atoms with E-state index in [9.17, 15) is 26.4 Å². The molecule has 2 N–H and O–H groups in total. The number of carbonyl (C=O) groups is 2. The van der Waals surface area contributed by atoms with Crippen LogP contribution in [0.2, 0.25) is 0 Å². The first-order valence-corrected chi connectivity index (χ1v) is 8.09. The Morgan fingerprint density at radius 2 is 1.10 bits per heavy atom. The molecule has 2 fully saturated rings. The zero-order chi connectivity index (χ0) is 15.3. The van der Waals surface area contributed by atoms with Crippen molar-refractivity contribution in [2.24, 2.45) is 0 Å². The Hall–Kier alpha value is -1.50. The standard InChI is InChI=1S/C8H8O10S2/c9-5-1-3(19(11,12)13)7(17-5)8-4(20(14,15)16)2-6(10)18-8/h3-4H,1-2H2,(H,11,12,13)(H,14,15,16). The number of carbonyl (C=O) groups excluding carboxylic acids is 2. The summed E-state index contributed by atoms with van der Waals surface area (Å²) in [5, 5.41) is -3.75. The second-order valence-electron chi connectivity index (χ2n) is 4.09. The van der Waals surface area contributed by atoms with E-state index in [1.807, 2.05) is 0 Å². The average molecular weight is 328 g/mol. The molecule has 2 heterocycles. The number of ether oxygens (including phenoxy) is 2. The third-order valence-corrected chi connectivity index (χ3v) is 4.90. The lowest BCUT2D eigenvalue weighted by molar-refractivity contribution is -0.138. The lowest BCUT2D eigenvalue weighted by Gasteiger charge is -2.11. The van der Waals surface area contributed by atoms with Crippen molar-refractivity contribution in [3.05, 3.63) is 11.5 Å². The molecule has 0 amide bonds. The first-order valence-electron chi connectivity index (χ1n) is 5.08. The van der Waals surface area contributed by atoms with Gasteiger partial charge < -0.3 is 9.47 Å². The molecule has 20 heavy (non-hydrogen) atoms. The third kappa shape index (κ3) is 2.67. The maximum absolute atomic E-state index is 11.1. The zero-order valence-electron chi connectivity index (χ0n) is 9.55. The van der Waals surface area contributed by atoms with Gasteiger partial charge in [0.2, 0.25) is 0 Å². The molecular formula is C8H8O10S2. The van der Waals surface area contributed by atoms with E-state index in [-0.39, 0.29) is 0 Å². The summed E-state index contributed by atoms with van der Waals surface area (Å²) in [4.78, 5) is 22.2. The fourth-order valence-electron chi connectivity index (χ4n) is 1.85. The van der Waals surface area contributed by atoms with Crippen LogP contribution in [0.25, 0.3) is 0 Å². The minimum atomic E-state index is -4.78. The van der Waals surface area contributed by atoms with E-state index in [0.29, 0.717) is 0 Å². The molecule has 2 unspecified atom stereocenters. The van der Waals surface area contributed by atoms with Crippen molar-refractivity contribution in [1.29, 1.82) is 0 Å². The molecule has 0 aliphatic carbocycles. The molecule has 2 aliphatic rings. The van der Waals surface area contributed by atoms with Gasteiger partial charge in [0.05, 0.1) is 12.8 Å². The monoisotopic (exact) mass is 328 g/mol. The minimum absolute atomic E-state index is 0.757. The Kier molecular flexibility index (Phi) is 3.36. The van der Waals surface area contributed by atoms with E-state index in [0.717, 1.165) is 0 Å². The summed E-state index contributed by atoms with van der Waals surface area (Å²) in [6.07, 6.45) is -1.51. The second kappa shape index (κ2) is 4.51. The van der Waals surface area contributed by atoms with Crippen LogP contribution in [0.15, 0.2) is 11.5 Å². The van der Waals surface area contributed by atoms with Crippen molar-refractivity contribution in [3.8, 4) is 0 Å². The van der Waals surface area contributed by atoms with Gasteiger partial charge in [-0.05, 0) is 0 Å². The number of cyclic esters (lactones) is 2. The molecule has 0 bridgehead atoms. The molecule has 112 valence electrons. The highest BCUT2D eigenvalue weighted by Crippen LogP contribution is 2.35. The zero-order valence-corrected chi connectivity index (χ0v) is 11.2. The summed E-state index contributed by atoms with van der Waals surface area (Å²) in [7, 11) is -9.56. The van der Waals surface area contributed by atoms with Crippen LogP contribution in [-0.2, 0) is 39.3 Å². The predicted octanol–water partition coefficient (Wildman–Crippen LogP) is -1.40. The van der Waals surface area contributed by atoms with Gasteiger partial charge >= 0.3 is 11.9 Å². The van der Waals surface area contributed by atoms with Gasteiger partial charge in [0, 0.05) is 0 Å². The molecule has 0 radical (unpaired) electrons. The van der Waals surface area contributed by atoms with Crippen LogP contribution in [0, 0.1) is 0 Å². The fourth-order valence-corrected chi connectivity index (χ4v) is 3.41. The van der Waals surface area contributed by atoms with Crippen molar-refractivity contribution < 1.29 is 45.0 Å². The maximum Gasteiger partial charge on any atom is 0.312 e. The molecular weight excluding hydrogens is 320 g/mol. The van der Waals surface area contributed by atoms with E-state index in [1.165, 1.54) is 0 Å². The number of rotatable bonds is 2. The van der Waals surface area contributed by atoms with Gasteiger partial charge in [-0.3, -0.25) is 18.7 Å². The molecule has 0 saturated carbocycles. The predicted molar refractivity (Wildman–Crippen MR) is 59.1 cm³/mol. The van der Waals surface area contributed by atoms with Crippen molar-refractivity contribution in [3.63, 3.8) is 0 Å². The number of esters is 2. The van der Waals surface area contributed by atoms with E-state index < -0.39 is 67.0 Å². The smallest absolute Gasteiger partial charge is 0.312 e. The van der Waals surface area contributed by atoms with E-state index >= 15 is 0 Å². The van der Waals surface area contributed by atoms with Gasteiger partial charge in [-0.1, -0.05) is 0 Å². The highest BCUT2D eigenvalue weighted by Gasteiger charge is 2.49. The Balaban J connectivity index is 2.59. The first-order chi connectivity index (χ1) is 9.00. The fraction of sp³-hybridized carbons (Fsp3) is 0.500. The SMILES string of the molecule is O=C1CC(S(=O)(=O)O)C(=C2OC(=O)CC2S(=O)(=O)O)O1.